The van der Waals surface area contributed by atoms with Gasteiger partial charge in [0.1, 0.15) is 23.4 Å². The predicted molar refractivity (Wildman–Crippen MR) is 139 cm³/mol. The van der Waals surface area contributed by atoms with Gasteiger partial charge in [0.15, 0.2) is 0 Å². The highest BCUT2D eigenvalue weighted by atomic mass is 35.5. The van der Waals surface area contributed by atoms with E-state index in [1.807, 2.05) is 13.0 Å². The van der Waals surface area contributed by atoms with E-state index in [0.717, 1.165) is 5.56 Å². The Kier molecular flexibility index (Phi) is 8.19. The van der Waals surface area contributed by atoms with Gasteiger partial charge >= 0.3 is 6.09 Å². The highest BCUT2D eigenvalue weighted by molar-refractivity contribution is 6.34. The summed E-state index contributed by atoms with van der Waals surface area (Å²) in [5, 5.41) is 16.7. The third kappa shape index (κ3) is 6.49. The number of phenolic OH excluding ortho intramolecular Hbond substituents is 1. The maximum absolute atomic E-state index is 13.8. The number of nitrogens with zero attached hydrogens (tertiary/aromatic N) is 1. The van der Waals surface area contributed by atoms with Gasteiger partial charge in [-0.25, -0.2) is 4.79 Å². The topological polar surface area (TPSA) is 108 Å². The average molecular weight is 516 g/mol. The second-order valence-corrected chi connectivity index (χ2v) is 10.6. The Labute approximate surface area is 217 Å². The number of carbonyl (C=O) groups excluding carboxylic acids is 3. The number of halogens is 1. The van der Waals surface area contributed by atoms with Crippen molar-refractivity contribution in [2.45, 2.75) is 78.1 Å². The molecule has 0 spiro atoms. The van der Waals surface area contributed by atoms with Crippen molar-refractivity contribution in [3.63, 3.8) is 0 Å². The number of amides is 3. The van der Waals surface area contributed by atoms with E-state index in [1.54, 1.807) is 65.0 Å². The van der Waals surface area contributed by atoms with Gasteiger partial charge in [0.2, 0.25) is 5.91 Å². The van der Waals surface area contributed by atoms with Crippen LogP contribution < -0.4 is 10.6 Å². The number of hydrogen-bond donors (Lipinski definition) is 3. The molecule has 3 N–H and O–H groups in total. The van der Waals surface area contributed by atoms with Crippen molar-refractivity contribution in [1.82, 2.24) is 10.2 Å². The largest absolute Gasteiger partial charge is 0.507 e. The van der Waals surface area contributed by atoms with E-state index in [1.165, 1.54) is 4.90 Å². The first-order valence-corrected chi connectivity index (χ1v) is 12.3. The van der Waals surface area contributed by atoms with E-state index in [2.05, 4.69) is 10.6 Å². The number of hydrogen-bond acceptors (Lipinski definition) is 5. The molecule has 1 fully saturated rings. The van der Waals surface area contributed by atoms with Gasteiger partial charge in [-0.2, -0.15) is 0 Å². The number of carbonyl (C=O) groups is 3. The number of rotatable bonds is 7. The normalized spacial score (nSPS) is 15.0. The fourth-order valence-electron chi connectivity index (χ4n) is 3.94. The van der Waals surface area contributed by atoms with Crippen LogP contribution in [0.3, 0.4) is 0 Å². The fraction of sp³-hybridized carbons (Fsp3) is 0.444. The van der Waals surface area contributed by atoms with E-state index in [0.29, 0.717) is 34.7 Å². The maximum atomic E-state index is 13.8. The molecule has 8 nitrogen and oxygen atoms in total. The summed E-state index contributed by atoms with van der Waals surface area (Å²) < 4.78 is 5.29. The number of nitrogens with one attached hydrogen (secondary N) is 2. The van der Waals surface area contributed by atoms with Crippen molar-refractivity contribution in [1.29, 1.82) is 0 Å². The minimum atomic E-state index is -1.15. The molecule has 0 heterocycles. The predicted octanol–water partition coefficient (Wildman–Crippen LogP) is 5.25. The summed E-state index contributed by atoms with van der Waals surface area (Å²) >= 11 is 6.35. The summed E-state index contributed by atoms with van der Waals surface area (Å²) in [5.74, 6) is -1.04. The Morgan fingerprint density at radius 1 is 1.08 bits per heavy atom. The molecule has 36 heavy (non-hydrogen) atoms. The quantitative estimate of drug-likeness (QED) is 0.467. The summed E-state index contributed by atoms with van der Waals surface area (Å²) in [5.41, 5.74) is 1.33. The second-order valence-electron chi connectivity index (χ2n) is 10.2. The highest BCUT2D eigenvalue weighted by Gasteiger charge is 2.44. The van der Waals surface area contributed by atoms with Crippen LogP contribution in [0.15, 0.2) is 36.4 Å². The molecule has 9 heteroatoms. The van der Waals surface area contributed by atoms with Crippen LogP contribution >= 0.6 is 11.6 Å². The number of alkyl carbamates (subject to hydrolysis) is 1. The van der Waals surface area contributed by atoms with Gasteiger partial charge in [0, 0.05) is 11.6 Å². The van der Waals surface area contributed by atoms with Crippen LogP contribution in [0, 0.1) is 13.8 Å². The molecule has 0 saturated heterocycles. The number of para-hydroxylation sites is 2. The lowest BCUT2D eigenvalue weighted by Crippen LogP contribution is -2.52. The van der Waals surface area contributed by atoms with Crippen LogP contribution in [0.2, 0.25) is 5.02 Å². The molecule has 0 aliphatic heterocycles. The lowest BCUT2D eigenvalue weighted by Gasteiger charge is -2.34. The molecular weight excluding hydrogens is 482 g/mol. The zero-order chi connectivity index (χ0) is 26.8. The van der Waals surface area contributed by atoms with Crippen molar-refractivity contribution in [3.8, 4) is 5.75 Å². The lowest BCUT2D eigenvalue weighted by atomic mass is 9.99. The van der Waals surface area contributed by atoms with Crippen molar-refractivity contribution >= 4 is 35.2 Å². The molecule has 0 bridgehead atoms. The van der Waals surface area contributed by atoms with Gasteiger partial charge in [-0.15, -0.1) is 0 Å². The fourth-order valence-corrected chi connectivity index (χ4v) is 4.21. The zero-order valence-corrected chi connectivity index (χ0v) is 22.3. The Balaban J connectivity index is 1.99. The number of phenols is 1. The van der Waals surface area contributed by atoms with Gasteiger partial charge < -0.3 is 25.4 Å². The van der Waals surface area contributed by atoms with Gasteiger partial charge in [-0.05, 0) is 71.6 Å². The van der Waals surface area contributed by atoms with Crippen LogP contribution in [0.5, 0.6) is 5.75 Å². The molecule has 2 atom stereocenters. The van der Waals surface area contributed by atoms with Crippen molar-refractivity contribution in [3.05, 3.63) is 58.1 Å². The summed E-state index contributed by atoms with van der Waals surface area (Å²) in [6.45, 7) is 10.3. The van der Waals surface area contributed by atoms with Crippen LogP contribution in [0.4, 0.5) is 10.5 Å². The summed E-state index contributed by atoms with van der Waals surface area (Å²) in [6.07, 6.45) is 0.670. The number of ether oxygens (including phenoxy) is 1. The average Bonchev–Trinajstić information content (AvgIpc) is 3.60. The second kappa shape index (κ2) is 10.8. The molecule has 0 aromatic heterocycles. The molecule has 1 aliphatic rings. The van der Waals surface area contributed by atoms with Crippen LogP contribution in [0.25, 0.3) is 0 Å². The Hall–Kier alpha value is -3.26. The molecule has 1 aliphatic carbocycles. The monoisotopic (exact) mass is 515 g/mol. The van der Waals surface area contributed by atoms with Gasteiger partial charge in [-0.3, -0.25) is 9.59 Å². The Bertz CT molecular complexity index is 1140. The third-order valence-corrected chi connectivity index (χ3v) is 6.17. The van der Waals surface area contributed by atoms with E-state index >= 15 is 0 Å². The molecule has 2 aromatic rings. The first kappa shape index (κ1) is 27.3. The first-order chi connectivity index (χ1) is 16.8. The lowest BCUT2D eigenvalue weighted by molar-refractivity contribution is -0.141. The van der Waals surface area contributed by atoms with Crippen molar-refractivity contribution in [2.24, 2.45) is 0 Å². The standard InChI is InChI=1S/C27H34ClN3O5/c1-15-9-8-12-20(28)21(15)30-24(33)22(19-11-7-10-16(2)23(19)32)31(18-13-14-18)25(34)17(3)29-26(35)36-27(4,5)6/h7-12,17-18,22,32H,13-14H2,1-6H3,(H,29,35)(H,30,33). The van der Waals surface area contributed by atoms with Crippen LogP contribution in [0.1, 0.15) is 63.3 Å². The van der Waals surface area contributed by atoms with Gasteiger partial charge in [0.25, 0.3) is 5.91 Å². The van der Waals surface area contributed by atoms with E-state index in [9.17, 15) is 19.5 Å². The van der Waals surface area contributed by atoms with Crippen LogP contribution in [-0.2, 0) is 14.3 Å². The highest BCUT2D eigenvalue weighted by Crippen LogP contribution is 2.40. The summed E-state index contributed by atoms with van der Waals surface area (Å²) in [6, 6.07) is 8.00. The molecular formula is C27H34ClN3O5. The molecule has 3 rings (SSSR count). The third-order valence-electron chi connectivity index (χ3n) is 5.86. The van der Waals surface area contributed by atoms with Gasteiger partial charge in [-0.1, -0.05) is 41.9 Å². The smallest absolute Gasteiger partial charge is 0.408 e. The Morgan fingerprint density at radius 2 is 1.69 bits per heavy atom. The minimum Gasteiger partial charge on any atom is -0.507 e. The molecule has 3 amide bonds. The minimum absolute atomic E-state index is 0.0697. The summed E-state index contributed by atoms with van der Waals surface area (Å²) in [7, 11) is 0. The van der Waals surface area contributed by atoms with E-state index in [4.69, 9.17) is 16.3 Å². The Morgan fingerprint density at radius 3 is 2.28 bits per heavy atom. The van der Waals surface area contributed by atoms with Crippen LogP contribution in [-0.4, -0.2) is 45.6 Å². The zero-order valence-electron chi connectivity index (χ0n) is 21.5. The van der Waals surface area contributed by atoms with Crippen molar-refractivity contribution in [2.75, 3.05) is 5.32 Å². The number of aromatic hydroxyl groups is 1. The summed E-state index contributed by atoms with van der Waals surface area (Å²) in [4.78, 5) is 41.3. The number of anilines is 1. The van der Waals surface area contributed by atoms with Gasteiger partial charge in [0.05, 0.1) is 10.7 Å². The molecule has 2 aromatic carbocycles. The number of benzene rings is 2. The maximum Gasteiger partial charge on any atom is 0.408 e. The molecule has 0 radical (unpaired) electrons. The molecule has 2 unspecified atom stereocenters. The van der Waals surface area contributed by atoms with Crippen molar-refractivity contribution < 1.29 is 24.2 Å². The molecule has 194 valence electrons. The van der Waals surface area contributed by atoms with E-state index < -0.39 is 35.6 Å². The number of aryl methyl sites for hydroxylation is 2. The SMILES string of the molecule is Cc1cccc(C(C(=O)Nc2c(C)cccc2Cl)N(C(=O)C(C)NC(=O)OC(C)(C)C)C2CC2)c1O. The molecule has 1 saturated carbocycles. The van der Waals surface area contributed by atoms with E-state index in [-0.39, 0.29) is 11.8 Å². The first-order valence-electron chi connectivity index (χ1n) is 12.0.